The van der Waals surface area contributed by atoms with Gasteiger partial charge in [0.25, 0.3) is 0 Å². The van der Waals surface area contributed by atoms with Crippen LogP contribution in [0.5, 0.6) is 0 Å². The van der Waals surface area contributed by atoms with Crippen LogP contribution in [0.25, 0.3) is 0 Å². The Balaban J connectivity index is 2.12. The first-order valence-electron chi connectivity index (χ1n) is 9.13. The molecule has 1 atom stereocenters. The molecule has 0 radical (unpaired) electrons. The molecule has 0 aliphatic heterocycles. The van der Waals surface area contributed by atoms with Crippen LogP contribution in [0, 0.1) is 0 Å². The van der Waals surface area contributed by atoms with Crippen molar-refractivity contribution in [2.45, 2.75) is 31.7 Å². The monoisotopic (exact) mass is 472 g/mol. The van der Waals surface area contributed by atoms with Gasteiger partial charge in [-0.25, -0.2) is 0 Å². The van der Waals surface area contributed by atoms with E-state index in [1.165, 1.54) is 11.8 Å². The van der Waals surface area contributed by atoms with Crippen molar-refractivity contribution in [2.24, 2.45) is 0 Å². The third-order valence-corrected chi connectivity index (χ3v) is 6.34. The number of amides is 2. The summed E-state index contributed by atoms with van der Waals surface area (Å²) in [7, 11) is 1.57. The fourth-order valence-corrected chi connectivity index (χ4v) is 4.64. The Bertz CT molecular complexity index is 826. The summed E-state index contributed by atoms with van der Waals surface area (Å²) in [6, 6.07) is 12.0. The maximum absolute atomic E-state index is 13.0. The first-order chi connectivity index (χ1) is 13.9. The number of likely N-dealkylation sites (N-methyl/N-ethyl adjacent to an activating group) is 1. The minimum atomic E-state index is -0.548. The second-order valence-corrected chi connectivity index (χ2v) is 8.62. The summed E-state index contributed by atoms with van der Waals surface area (Å²) in [6.07, 6.45) is 0.514. The van der Waals surface area contributed by atoms with Crippen molar-refractivity contribution < 1.29 is 9.59 Å². The number of hydrogen-bond donors (Lipinski definition) is 1. The summed E-state index contributed by atoms with van der Waals surface area (Å²) in [5, 5.41) is 4.42. The van der Waals surface area contributed by atoms with Crippen LogP contribution in [0.4, 0.5) is 0 Å². The average Bonchev–Trinajstić information content (AvgIpc) is 2.71. The van der Waals surface area contributed by atoms with Crippen molar-refractivity contribution in [3.05, 3.63) is 68.7 Å². The zero-order valence-electron chi connectivity index (χ0n) is 16.3. The molecule has 0 fully saturated rings. The number of carbonyl (C=O) groups is 2. The zero-order valence-corrected chi connectivity index (χ0v) is 19.3. The van der Waals surface area contributed by atoms with Gasteiger partial charge in [-0.05, 0) is 41.8 Å². The van der Waals surface area contributed by atoms with Crippen LogP contribution in [0.1, 0.15) is 24.5 Å². The van der Waals surface area contributed by atoms with Crippen molar-refractivity contribution in [1.29, 1.82) is 0 Å². The molecule has 156 valence electrons. The Morgan fingerprint density at radius 2 is 1.69 bits per heavy atom. The van der Waals surface area contributed by atoms with Gasteiger partial charge in [-0.1, -0.05) is 59.9 Å². The van der Waals surface area contributed by atoms with Gasteiger partial charge in [-0.3, -0.25) is 9.59 Å². The summed E-state index contributed by atoms with van der Waals surface area (Å²) in [5.41, 5.74) is 1.71. The van der Waals surface area contributed by atoms with Crippen LogP contribution in [0.3, 0.4) is 0 Å². The Morgan fingerprint density at radius 3 is 2.24 bits per heavy atom. The molecular formula is C21H23Cl3N2O2S. The summed E-state index contributed by atoms with van der Waals surface area (Å²) in [4.78, 5) is 27.0. The van der Waals surface area contributed by atoms with Crippen molar-refractivity contribution in [3.63, 3.8) is 0 Å². The van der Waals surface area contributed by atoms with Gasteiger partial charge in [-0.2, -0.15) is 0 Å². The van der Waals surface area contributed by atoms with Gasteiger partial charge < -0.3 is 10.2 Å². The second kappa shape index (κ2) is 11.7. The van der Waals surface area contributed by atoms with E-state index >= 15 is 0 Å². The molecule has 0 unspecified atom stereocenters. The normalized spacial score (nSPS) is 11.8. The highest BCUT2D eigenvalue weighted by Gasteiger charge is 2.27. The predicted octanol–water partition coefficient (Wildman–Crippen LogP) is 5.43. The van der Waals surface area contributed by atoms with Gasteiger partial charge in [0.1, 0.15) is 6.04 Å². The largest absolute Gasteiger partial charge is 0.357 e. The SMILES string of the molecule is CC[C@H](C(=O)NC)N(Cc1ccc(Cl)cc1)C(=O)CSCc1c(Cl)cccc1Cl. The van der Waals surface area contributed by atoms with E-state index < -0.39 is 6.04 Å². The van der Waals surface area contributed by atoms with Crippen LogP contribution in [0.2, 0.25) is 15.1 Å². The van der Waals surface area contributed by atoms with Crippen molar-refractivity contribution in [2.75, 3.05) is 12.8 Å². The number of thioether (sulfide) groups is 1. The standard InChI is InChI=1S/C21H23Cl3N2O2S/c1-3-19(21(28)25-2)26(11-14-7-9-15(22)10-8-14)20(27)13-29-12-16-17(23)5-4-6-18(16)24/h4-10,19H,3,11-13H2,1-2H3,(H,25,28)/t19-/m1/s1. The number of halogens is 3. The summed E-state index contributed by atoms with van der Waals surface area (Å²) in [5.74, 6) is 0.413. The molecule has 2 aromatic carbocycles. The highest BCUT2D eigenvalue weighted by molar-refractivity contribution is 7.99. The molecule has 1 N–H and O–H groups in total. The van der Waals surface area contributed by atoms with Crippen LogP contribution < -0.4 is 5.32 Å². The van der Waals surface area contributed by atoms with E-state index in [1.54, 1.807) is 42.3 Å². The first kappa shape index (κ1) is 23.9. The maximum Gasteiger partial charge on any atom is 0.242 e. The number of benzene rings is 2. The molecule has 0 saturated heterocycles. The van der Waals surface area contributed by atoms with E-state index in [2.05, 4.69) is 5.32 Å². The van der Waals surface area contributed by atoms with E-state index in [4.69, 9.17) is 34.8 Å². The van der Waals surface area contributed by atoms with E-state index in [0.717, 1.165) is 11.1 Å². The molecule has 0 aromatic heterocycles. The molecule has 2 rings (SSSR count). The fourth-order valence-electron chi connectivity index (χ4n) is 2.87. The number of rotatable bonds is 9. The fraction of sp³-hybridized carbons (Fsp3) is 0.333. The van der Waals surface area contributed by atoms with Gasteiger partial charge in [0.15, 0.2) is 0 Å². The van der Waals surface area contributed by atoms with Crippen LogP contribution in [-0.2, 0) is 21.9 Å². The minimum Gasteiger partial charge on any atom is -0.357 e. The van der Waals surface area contributed by atoms with E-state index in [0.29, 0.717) is 33.8 Å². The van der Waals surface area contributed by atoms with Crippen LogP contribution >= 0.6 is 46.6 Å². The maximum atomic E-state index is 13.0. The Morgan fingerprint density at radius 1 is 1.07 bits per heavy atom. The summed E-state index contributed by atoms with van der Waals surface area (Å²) in [6.45, 7) is 2.22. The molecule has 0 heterocycles. The van der Waals surface area contributed by atoms with Gasteiger partial charge in [0, 0.05) is 34.4 Å². The Kier molecular flexibility index (Phi) is 9.63. The lowest BCUT2D eigenvalue weighted by atomic mass is 10.1. The van der Waals surface area contributed by atoms with E-state index in [-0.39, 0.29) is 17.6 Å². The topological polar surface area (TPSA) is 49.4 Å². The number of nitrogens with zero attached hydrogens (tertiary/aromatic N) is 1. The predicted molar refractivity (Wildman–Crippen MR) is 123 cm³/mol. The quantitative estimate of drug-likeness (QED) is 0.528. The molecule has 4 nitrogen and oxygen atoms in total. The van der Waals surface area contributed by atoms with Gasteiger partial charge >= 0.3 is 0 Å². The van der Waals surface area contributed by atoms with E-state index in [9.17, 15) is 9.59 Å². The number of carbonyl (C=O) groups excluding carboxylic acids is 2. The molecule has 0 bridgehead atoms. The van der Waals surface area contributed by atoms with Crippen LogP contribution in [-0.4, -0.2) is 35.6 Å². The Labute approximate surface area is 190 Å². The number of nitrogens with one attached hydrogen (secondary N) is 1. The molecule has 2 aromatic rings. The van der Waals surface area contributed by atoms with Gasteiger partial charge in [-0.15, -0.1) is 11.8 Å². The second-order valence-electron chi connectivity index (χ2n) is 6.38. The first-order valence-corrected chi connectivity index (χ1v) is 11.4. The average molecular weight is 474 g/mol. The minimum absolute atomic E-state index is 0.122. The number of hydrogen-bond acceptors (Lipinski definition) is 3. The van der Waals surface area contributed by atoms with Gasteiger partial charge in [0.2, 0.25) is 11.8 Å². The van der Waals surface area contributed by atoms with Crippen molar-refractivity contribution in [3.8, 4) is 0 Å². The lowest BCUT2D eigenvalue weighted by molar-refractivity contribution is -0.139. The smallest absolute Gasteiger partial charge is 0.242 e. The summed E-state index contributed by atoms with van der Waals surface area (Å²) >= 11 is 19.8. The Hall–Kier alpha value is -1.40. The van der Waals surface area contributed by atoms with Crippen molar-refractivity contribution >= 4 is 58.4 Å². The molecule has 0 saturated carbocycles. The van der Waals surface area contributed by atoms with Gasteiger partial charge in [0.05, 0.1) is 5.75 Å². The summed E-state index contributed by atoms with van der Waals surface area (Å²) < 4.78 is 0. The molecule has 8 heteroatoms. The third-order valence-electron chi connectivity index (χ3n) is 4.43. The highest BCUT2D eigenvalue weighted by Crippen LogP contribution is 2.28. The molecule has 29 heavy (non-hydrogen) atoms. The lowest BCUT2D eigenvalue weighted by Crippen LogP contribution is -2.48. The molecule has 2 amide bonds. The molecule has 0 aliphatic rings. The lowest BCUT2D eigenvalue weighted by Gasteiger charge is -2.30. The molecular weight excluding hydrogens is 451 g/mol. The van der Waals surface area contributed by atoms with Crippen LogP contribution in [0.15, 0.2) is 42.5 Å². The molecule has 0 spiro atoms. The zero-order chi connectivity index (χ0) is 21.4. The molecule has 0 aliphatic carbocycles. The highest BCUT2D eigenvalue weighted by atomic mass is 35.5. The van der Waals surface area contributed by atoms with E-state index in [1.807, 2.05) is 19.1 Å². The third kappa shape index (κ3) is 6.82. The van der Waals surface area contributed by atoms with Crippen molar-refractivity contribution in [1.82, 2.24) is 10.2 Å².